The quantitative estimate of drug-likeness (QED) is 0.526. The maximum absolute atomic E-state index is 12.2. The Balaban J connectivity index is 1.35. The first-order valence-electron chi connectivity index (χ1n) is 8.91. The summed E-state index contributed by atoms with van der Waals surface area (Å²) in [6.45, 7) is 0.411. The van der Waals surface area contributed by atoms with Crippen molar-refractivity contribution < 1.29 is 9.53 Å². The molecule has 2 aromatic carbocycles. The van der Waals surface area contributed by atoms with Gasteiger partial charge in [0.2, 0.25) is 0 Å². The second-order valence-electron chi connectivity index (χ2n) is 6.85. The number of pyridine rings is 1. The summed E-state index contributed by atoms with van der Waals surface area (Å²) in [6, 6.07) is 19.9. The van der Waals surface area contributed by atoms with Crippen LogP contribution in [0.15, 0.2) is 60.7 Å². The molecule has 2 aromatic heterocycles. The lowest BCUT2D eigenvalue weighted by Crippen LogP contribution is -2.00. The number of para-hydroxylation sites is 1. The van der Waals surface area contributed by atoms with Crippen LogP contribution >= 0.6 is 0 Å². The van der Waals surface area contributed by atoms with E-state index in [9.17, 15) is 4.79 Å². The maximum atomic E-state index is 12.2. The Bertz CT molecular complexity index is 1130. The lowest BCUT2D eigenvalue weighted by Gasteiger charge is -2.07. The van der Waals surface area contributed by atoms with Gasteiger partial charge >= 0.3 is 0 Å². The van der Waals surface area contributed by atoms with E-state index in [1.54, 1.807) is 0 Å². The molecule has 5 rings (SSSR count). The number of hydrogen-bond acceptors (Lipinski definition) is 3. The molecule has 0 spiro atoms. The first-order valence-corrected chi connectivity index (χ1v) is 8.91. The van der Waals surface area contributed by atoms with Crippen molar-refractivity contribution in [2.45, 2.75) is 19.4 Å². The molecule has 1 aliphatic rings. The van der Waals surface area contributed by atoms with Crippen LogP contribution in [0.1, 0.15) is 29.0 Å². The predicted octanol–water partition coefficient (Wildman–Crippen LogP) is 4.89. The van der Waals surface area contributed by atoms with Crippen molar-refractivity contribution in [1.82, 2.24) is 9.97 Å². The molecule has 128 valence electrons. The Kier molecular flexibility index (Phi) is 3.49. The summed E-state index contributed by atoms with van der Waals surface area (Å²) in [4.78, 5) is 20.1. The summed E-state index contributed by atoms with van der Waals surface area (Å²) in [5, 5.41) is 2.12. The van der Waals surface area contributed by atoms with Crippen LogP contribution in [0.3, 0.4) is 0 Å². The van der Waals surface area contributed by atoms with Gasteiger partial charge in [0.15, 0.2) is 5.78 Å². The number of rotatable bonds is 5. The summed E-state index contributed by atoms with van der Waals surface area (Å²) in [7, 11) is 0. The number of aromatic nitrogens is 2. The van der Waals surface area contributed by atoms with Crippen LogP contribution in [0.2, 0.25) is 0 Å². The molecule has 4 aromatic rings. The van der Waals surface area contributed by atoms with Gasteiger partial charge in [-0.05, 0) is 49.2 Å². The number of ether oxygens (including phenoxy) is 1. The fraction of sp³-hybridized carbons (Fsp3) is 0.182. The van der Waals surface area contributed by atoms with Crippen molar-refractivity contribution in [3.8, 4) is 5.75 Å². The molecule has 4 nitrogen and oxygen atoms in total. The van der Waals surface area contributed by atoms with E-state index in [-0.39, 0.29) is 11.7 Å². The van der Waals surface area contributed by atoms with E-state index < -0.39 is 0 Å². The Morgan fingerprint density at radius 3 is 2.81 bits per heavy atom. The molecule has 1 fully saturated rings. The molecule has 1 saturated carbocycles. The fourth-order valence-electron chi connectivity index (χ4n) is 3.24. The van der Waals surface area contributed by atoms with Gasteiger partial charge < -0.3 is 9.72 Å². The standard InChI is InChI=1S/C22H18N2O2/c25-22(15-5-6-15)21-12-16-11-18(9-10-20(16)24-21)26-13-17-8-7-14-3-1-2-4-19(14)23-17/h1-4,7-12,15,24H,5-6,13H2. The molecule has 0 bridgehead atoms. The number of nitrogens with one attached hydrogen (secondary N) is 1. The Labute approximate surface area is 150 Å². The molecule has 0 unspecified atom stereocenters. The normalized spacial score (nSPS) is 14.0. The third kappa shape index (κ3) is 2.84. The van der Waals surface area contributed by atoms with Crippen LogP contribution in [-0.4, -0.2) is 15.8 Å². The number of aromatic amines is 1. The van der Waals surface area contributed by atoms with Gasteiger partial charge in [0.05, 0.1) is 16.9 Å². The van der Waals surface area contributed by atoms with Gasteiger partial charge in [-0.1, -0.05) is 24.3 Å². The highest BCUT2D eigenvalue weighted by Gasteiger charge is 2.31. The smallest absolute Gasteiger partial charge is 0.182 e. The van der Waals surface area contributed by atoms with Crippen molar-refractivity contribution in [2.75, 3.05) is 0 Å². The molecule has 0 radical (unpaired) electrons. The zero-order chi connectivity index (χ0) is 17.5. The van der Waals surface area contributed by atoms with Crippen molar-refractivity contribution in [2.24, 2.45) is 5.92 Å². The first-order chi connectivity index (χ1) is 12.8. The molecular formula is C22H18N2O2. The van der Waals surface area contributed by atoms with E-state index in [1.807, 2.05) is 54.6 Å². The molecule has 0 amide bonds. The minimum atomic E-state index is 0.220. The number of benzene rings is 2. The van der Waals surface area contributed by atoms with Crippen LogP contribution in [0.4, 0.5) is 0 Å². The topological polar surface area (TPSA) is 55.0 Å². The third-order valence-electron chi connectivity index (χ3n) is 4.85. The van der Waals surface area contributed by atoms with Crippen LogP contribution in [0.5, 0.6) is 5.75 Å². The van der Waals surface area contributed by atoms with Gasteiger partial charge in [-0.3, -0.25) is 4.79 Å². The number of fused-ring (bicyclic) bond motifs is 2. The van der Waals surface area contributed by atoms with E-state index in [0.29, 0.717) is 12.3 Å². The molecule has 4 heteroatoms. The summed E-state index contributed by atoms with van der Waals surface area (Å²) in [5.41, 5.74) is 3.53. The minimum absolute atomic E-state index is 0.220. The number of H-pyrrole nitrogens is 1. The number of carbonyl (C=O) groups excluding carboxylic acids is 1. The first kappa shape index (κ1) is 15.1. The Morgan fingerprint density at radius 2 is 1.92 bits per heavy atom. The molecule has 2 heterocycles. The largest absolute Gasteiger partial charge is 0.487 e. The lowest BCUT2D eigenvalue weighted by atomic mass is 10.2. The summed E-state index contributed by atoms with van der Waals surface area (Å²) >= 11 is 0. The van der Waals surface area contributed by atoms with Crippen molar-refractivity contribution >= 4 is 27.6 Å². The van der Waals surface area contributed by atoms with Gasteiger partial charge in [-0.15, -0.1) is 0 Å². The van der Waals surface area contributed by atoms with Gasteiger partial charge in [-0.25, -0.2) is 4.98 Å². The molecule has 26 heavy (non-hydrogen) atoms. The molecule has 1 aliphatic carbocycles. The molecular weight excluding hydrogens is 324 g/mol. The van der Waals surface area contributed by atoms with Crippen LogP contribution < -0.4 is 4.74 Å². The van der Waals surface area contributed by atoms with Crippen LogP contribution in [0, 0.1) is 5.92 Å². The lowest BCUT2D eigenvalue weighted by molar-refractivity contribution is 0.0963. The second-order valence-corrected chi connectivity index (χ2v) is 6.85. The fourth-order valence-corrected chi connectivity index (χ4v) is 3.24. The Hall–Kier alpha value is -3.14. The maximum Gasteiger partial charge on any atom is 0.182 e. The van der Waals surface area contributed by atoms with E-state index in [0.717, 1.165) is 46.1 Å². The van der Waals surface area contributed by atoms with Crippen molar-refractivity contribution in [3.63, 3.8) is 0 Å². The van der Waals surface area contributed by atoms with E-state index in [4.69, 9.17) is 4.74 Å². The summed E-state index contributed by atoms with van der Waals surface area (Å²) in [6.07, 6.45) is 2.03. The minimum Gasteiger partial charge on any atom is -0.487 e. The zero-order valence-corrected chi connectivity index (χ0v) is 14.2. The second kappa shape index (κ2) is 5.99. The van der Waals surface area contributed by atoms with Crippen LogP contribution in [0.25, 0.3) is 21.8 Å². The number of carbonyl (C=O) groups is 1. The van der Waals surface area contributed by atoms with E-state index >= 15 is 0 Å². The van der Waals surface area contributed by atoms with Crippen molar-refractivity contribution in [3.05, 3.63) is 72.1 Å². The van der Waals surface area contributed by atoms with Gasteiger partial charge in [-0.2, -0.15) is 0 Å². The van der Waals surface area contributed by atoms with Gasteiger partial charge in [0.25, 0.3) is 0 Å². The zero-order valence-electron chi connectivity index (χ0n) is 14.2. The number of Topliss-reactive ketones (excluding diaryl/α,β-unsaturated/α-hetero) is 1. The molecule has 0 aliphatic heterocycles. The Morgan fingerprint density at radius 1 is 1.04 bits per heavy atom. The van der Waals surface area contributed by atoms with Gasteiger partial charge in [0.1, 0.15) is 12.4 Å². The third-order valence-corrected chi connectivity index (χ3v) is 4.85. The summed E-state index contributed by atoms with van der Waals surface area (Å²) in [5.74, 6) is 1.22. The highest BCUT2D eigenvalue weighted by molar-refractivity contribution is 6.02. The van der Waals surface area contributed by atoms with Crippen molar-refractivity contribution in [1.29, 1.82) is 0 Å². The number of nitrogens with zero attached hydrogens (tertiary/aromatic N) is 1. The molecule has 1 N–H and O–H groups in total. The summed E-state index contributed by atoms with van der Waals surface area (Å²) < 4.78 is 5.92. The highest BCUT2D eigenvalue weighted by atomic mass is 16.5. The van der Waals surface area contributed by atoms with E-state index in [1.165, 1.54) is 0 Å². The average molecular weight is 342 g/mol. The van der Waals surface area contributed by atoms with Gasteiger partial charge in [0, 0.05) is 22.2 Å². The molecule has 0 atom stereocenters. The number of hydrogen-bond donors (Lipinski definition) is 1. The van der Waals surface area contributed by atoms with Crippen LogP contribution in [-0.2, 0) is 6.61 Å². The number of ketones is 1. The predicted molar refractivity (Wildman–Crippen MR) is 101 cm³/mol. The SMILES string of the molecule is O=C(c1cc2cc(OCc3ccc4ccccc4n3)ccc2[nH]1)C1CC1. The highest BCUT2D eigenvalue weighted by Crippen LogP contribution is 2.33. The van der Waals surface area contributed by atoms with E-state index in [2.05, 4.69) is 16.0 Å². The molecule has 0 saturated heterocycles. The monoisotopic (exact) mass is 342 g/mol. The average Bonchev–Trinajstić information content (AvgIpc) is 3.44.